The number of hydroxylamine groups is 2. The molecular formula is C13H23NO4. The van der Waals surface area contributed by atoms with Crippen LogP contribution in [0.2, 0.25) is 0 Å². The van der Waals surface area contributed by atoms with Crippen molar-refractivity contribution in [2.45, 2.75) is 40.5 Å². The van der Waals surface area contributed by atoms with Crippen molar-refractivity contribution in [1.82, 2.24) is 5.06 Å². The highest BCUT2D eigenvalue weighted by atomic mass is 16.7. The summed E-state index contributed by atoms with van der Waals surface area (Å²) in [5.41, 5.74) is -0.502. The lowest BCUT2D eigenvalue weighted by Crippen LogP contribution is -2.40. The lowest BCUT2D eigenvalue weighted by Gasteiger charge is -2.31. The summed E-state index contributed by atoms with van der Waals surface area (Å²) in [5.74, 6) is -0.439. The Morgan fingerprint density at radius 2 is 1.78 bits per heavy atom. The third-order valence-corrected chi connectivity index (χ3v) is 2.90. The molecule has 0 spiro atoms. The molecule has 0 N–H and O–H groups in total. The summed E-state index contributed by atoms with van der Waals surface area (Å²) in [4.78, 5) is 28.5. The van der Waals surface area contributed by atoms with Gasteiger partial charge in [0.25, 0.3) is 0 Å². The largest absolute Gasteiger partial charge is 0.466 e. The molecule has 0 atom stereocenters. The Labute approximate surface area is 108 Å². The van der Waals surface area contributed by atoms with Gasteiger partial charge >= 0.3 is 11.9 Å². The fraction of sp³-hybridized carbons (Fsp3) is 0.846. The molecule has 1 heterocycles. The highest BCUT2D eigenvalue weighted by Crippen LogP contribution is 2.21. The summed E-state index contributed by atoms with van der Waals surface area (Å²) in [6.45, 7) is 8.86. The number of carbonyl (C=O) groups is 2. The van der Waals surface area contributed by atoms with Gasteiger partial charge in [-0.15, -0.1) is 5.06 Å². The number of piperidine rings is 1. The van der Waals surface area contributed by atoms with Gasteiger partial charge in [-0.2, -0.15) is 0 Å². The van der Waals surface area contributed by atoms with Gasteiger partial charge in [0.15, 0.2) is 0 Å². The maximum atomic E-state index is 11.7. The minimum atomic E-state index is -0.502. The van der Waals surface area contributed by atoms with Gasteiger partial charge in [-0.25, -0.2) is 4.79 Å². The molecule has 0 amide bonds. The van der Waals surface area contributed by atoms with Crippen LogP contribution < -0.4 is 0 Å². The molecule has 0 unspecified atom stereocenters. The number of esters is 1. The lowest BCUT2D eigenvalue weighted by molar-refractivity contribution is -0.206. The van der Waals surface area contributed by atoms with Crippen LogP contribution >= 0.6 is 0 Å². The zero-order valence-corrected chi connectivity index (χ0v) is 11.7. The predicted octanol–water partition coefficient (Wildman–Crippen LogP) is 1.77. The van der Waals surface area contributed by atoms with Crippen molar-refractivity contribution in [1.29, 1.82) is 0 Å². The van der Waals surface area contributed by atoms with Crippen molar-refractivity contribution < 1.29 is 19.2 Å². The van der Waals surface area contributed by atoms with Gasteiger partial charge in [-0.3, -0.25) is 4.79 Å². The first-order valence-corrected chi connectivity index (χ1v) is 6.48. The van der Waals surface area contributed by atoms with E-state index in [9.17, 15) is 9.59 Å². The number of carbonyl (C=O) groups excluding carboxylic acids is 2. The van der Waals surface area contributed by atoms with Gasteiger partial charge in [-0.1, -0.05) is 0 Å². The lowest BCUT2D eigenvalue weighted by atomic mass is 9.97. The molecule has 104 valence electrons. The predicted molar refractivity (Wildman–Crippen MR) is 66.5 cm³/mol. The van der Waals surface area contributed by atoms with Crippen molar-refractivity contribution in [2.24, 2.45) is 11.3 Å². The van der Waals surface area contributed by atoms with Crippen molar-refractivity contribution in [3.8, 4) is 0 Å². The van der Waals surface area contributed by atoms with Crippen LogP contribution in [0.25, 0.3) is 0 Å². The quantitative estimate of drug-likeness (QED) is 0.721. The first-order valence-electron chi connectivity index (χ1n) is 6.48. The van der Waals surface area contributed by atoms with Crippen molar-refractivity contribution in [2.75, 3.05) is 19.7 Å². The molecule has 1 aliphatic rings. The molecule has 1 fully saturated rings. The van der Waals surface area contributed by atoms with Gasteiger partial charge in [0, 0.05) is 13.1 Å². The molecule has 0 bridgehead atoms. The maximum absolute atomic E-state index is 11.7. The van der Waals surface area contributed by atoms with Crippen molar-refractivity contribution in [3.63, 3.8) is 0 Å². The average Bonchev–Trinajstić information content (AvgIpc) is 2.29. The third kappa shape index (κ3) is 4.29. The highest BCUT2D eigenvalue weighted by Gasteiger charge is 2.30. The van der Waals surface area contributed by atoms with E-state index in [1.54, 1.807) is 12.0 Å². The fourth-order valence-corrected chi connectivity index (χ4v) is 1.70. The van der Waals surface area contributed by atoms with Crippen molar-refractivity contribution in [3.05, 3.63) is 0 Å². The standard InChI is InChI=1S/C13H23NO4/c1-5-17-11(15)10-6-8-14(9-7-10)18-12(16)13(2,3)4/h10H,5-9H2,1-4H3. The van der Waals surface area contributed by atoms with E-state index in [1.165, 1.54) is 0 Å². The minimum Gasteiger partial charge on any atom is -0.466 e. The third-order valence-electron chi connectivity index (χ3n) is 2.90. The van der Waals surface area contributed by atoms with E-state index in [-0.39, 0.29) is 17.9 Å². The molecule has 0 aliphatic carbocycles. The Kier molecular flexibility index (Phi) is 5.14. The molecule has 0 aromatic rings. The van der Waals surface area contributed by atoms with Crippen LogP contribution in [0.1, 0.15) is 40.5 Å². The molecule has 0 aromatic heterocycles. The molecule has 1 saturated heterocycles. The normalized spacial score (nSPS) is 18.4. The average molecular weight is 257 g/mol. The van der Waals surface area contributed by atoms with Crippen LogP contribution in [-0.2, 0) is 19.2 Å². The van der Waals surface area contributed by atoms with Gasteiger partial charge in [0.05, 0.1) is 17.9 Å². The summed E-state index contributed by atoms with van der Waals surface area (Å²) in [7, 11) is 0. The molecular weight excluding hydrogens is 234 g/mol. The Morgan fingerprint density at radius 3 is 2.22 bits per heavy atom. The molecule has 5 heteroatoms. The SMILES string of the molecule is CCOC(=O)C1CCN(OC(=O)C(C)(C)C)CC1. The zero-order chi connectivity index (χ0) is 13.8. The second-order valence-electron chi connectivity index (χ2n) is 5.58. The summed E-state index contributed by atoms with van der Waals surface area (Å²) < 4.78 is 4.99. The van der Waals surface area contributed by atoms with Crippen LogP contribution in [0.4, 0.5) is 0 Å². The van der Waals surface area contributed by atoms with E-state index in [4.69, 9.17) is 9.57 Å². The second kappa shape index (κ2) is 6.18. The number of ether oxygens (including phenoxy) is 1. The van der Waals surface area contributed by atoms with E-state index in [0.29, 0.717) is 32.5 Å². The Bertz CT molecular complexity index is 301. The van der Waals surface area contributed by atoms with Crippen LogP contribution in [0.15, 0.2) is 0 Å². The Morgan fingerprint density at radius 1 is 1.22 bits per heavy atom. The smallest absolute Gasteiger partial charge is 0.330 e. The minimum absolute atomic E-state index is 0.0606. The number of hydrogen-bond acceptors (Lipinski definition) is 5. The van der Waals surface area contributed by atoms with Crippen LogP contribution in [0.5, 0.6) is 0 Å². The zero-order valence-electron chi connectivity index (χ0n) is 11.7. The van der Waals surface area contributed by atoms with Gasteiger partial charge in [-0.05, 0) is 40.5 Å². The number of hydrogen-bond donors (Lipinski definition) is 0. The molecule has 1 aliphatic heterocycles. The van der Waals surface area contributed by atoms with Gasteiger partial charge in [0.2, 0.25) is 0 Å². The van der Waals surface area contributed by atoms with Crippen LogP contribution in [0, 0.1) is 11.3 Å². The molecule has 18 heavy (non-hydrogen) atoms. The molecule has 0 aromatic carbocycles. The monoisotopic (exact) mass is 257 g/mol. The number of nitrogens with zero attached hydrogens (tertiary/aromatic N) is 1. The molecule has 0 saturated carbocycles. The van der Waals surface area contributed by atoms with E-state index < -0.39 is 5.41 Å². The summed E-state index contributed by atoms with van der Waals surface area (Å²) in [6.07, 6.45) is 1.35. The summed E-state index contributed by atoms with van der Waals surface area (Å²) >= 11 is 0. The van der Waals surface area contributed by atoms with Crippen LogP contribution in [0.3, 0.4) is 0 Å². The summed E-state index contributed by atoms with van der Waals surface area (Å²) in [5, 5.41) is 1.64. The van der Waals surface area contributed by atoms with Gasteiger partial charge < -0.3 is 9.57 Å². The van der Waals surface area contributed by atoms with E-state index in [2.05, 4.69) is 0 Å². The van der Waals surface area contributed by atoms with Gasteiger partial charge in [0.1, 0.15) is 0 Å². The van der Waals surface area contributed by atoms with Crippen molar-refractivity contribution >= 4 is 11.9 Å². The summed E-state index contributed by atoms with van der Waals surface area (Å²) in [6, 6.07) is 0. The second-order valence-corrected chi connectivity index (χ2v) is 5.58. The highest BCUT2D eigenvalue weighted by molar-refractivity contribution is 5.75. The first kappa shape index (κ1) is 15.0. The molecule has 5 nitrogen and oxygen atoms in total. The Hall–Kier alpha value is -1.10. The molecule has 0 radical (unpaired) electrons. The first-order chi connectivity index (χ1) is 8.34. The topological polar surface area (TPSA) is 55.8 Å². The molecule has 1 rings (SSSR count). The maximum Gasteiger partial charge on any atom is 0.330 e. The fourth-order valence-electron chi connectivity index (χ4n) is 1.70. The number of rotatable bonds is 3. The Balaban J connectivity index is 2.36. The van der Waals surface area contributed by atoms with E-state index in [1.807, 2.05) is 20.8 Å². The van der Waals surface area contributed by atoms with E-state index in [0.717, 1.165) is 0 Å². The van der Waals surface area contributed by atoms with Crippen LogP contribution in [-0.4, -0.2) is 36.7 Å². The van der Waals surface area contributed by atoms with E-state index >= 15 is 0 Å².